The van der Waals surface area contributed by atoms with Crippen molar-refractivity contribution < 1.29 is 14.6 Å². The van der Waals surface area contributed by atoms with E-state index in [1.54, 1.807) is 32.7 Å². The van der Waals surface area contributed by atoms with Gasteiger partial charge in [-0.3, -0.25) is 0 Å². The van der Waals surface area contributed by atoms with E-state index in [0.717, 1.165) is 18.5 Å². The van der Waals surface area contributed by atoms with Crippen LogP contribution in [0.5, 0.6) is 0 Å². The number of aliphatic hydroxyl groups is 1. The van der Waals surface area contributed by atoms with E-state index in [1.807, 2.05) is 6.07 Å². The number of hydrogen-bond donors (Lipinski definition) is 4. The van der Waals surface area contributed by atoms with Crippen LogP contribution in [0.3, 0.4) is 0 Å². The first kappa shape index (κ1) is 19.3. The van der Waals surface area contributed by atoms with Crippen molar-refractivity contribution in [1.82, 2.24) is 15.0 Å². The van der Waals surface area contributed by atoms with Crippen LogP contribution >= 0.6 is 0 Å². The van der Waals surface area contributed by atoms with Crippen molar-refractivity contribution >= 4 is 23.3 Å². The molecule has 2 heterocycles. The normalized spacial score (nSPS) is 14.5. The maximum atomic E-state index is 9.54. The molecule has 1 fully saturated rings. The van der Waals surface area contributed by atoms with E-state index in [0.29, 0.717) is 29.2 Å². The molecule has 0 radical (unpaired) electrons. The third-order valence-electron chi connectivity index (χ3n) is 4.45. The summed E-state index contributed by atoms with van der Waals surface area (Å²) in [6, 6.07) is 4.05. The molecule has 27 heavy (non-hydrogen) atoms. The van der Waals surface area contributed by atoms with Crippen LogP contribution in [-0.2, 0) is 16.1 Å². The Labute approximate surface area is 158 Å². The lowest BCUT2D eigenvalue weighted by molar-refractivity contribution is -0.0808. The molecule has 0 amide bonds. The predicted octanol–water partition coefficient (Wildman–Crippen LogP) is 2.45. The van der Waals surface area contributed by atoms with Crippen molar-refractivity contribution in [2.24, 2.45) is 0 Å². The number of rotatable bonds is 9. The van der Waals surface area contributed by atoms with Crippen LogP contribution in [0.4, 0.5) is 23.3 Å². The summed E-state index contributed by atoms with van der Waals surface area (Å²) in [6.07, 6.45) is 7.44. The van der Waals surface area contributed by atoms with E-state index in [-0.39, 0.29) is 6.61 Å². The molecule has 2 aromatic heterocycles. The minimum Gasteiger partial charge on any atom is -0.391 e. The Bertz CT molecular complexity index is 718. The number of methoxy groups -OCH3 is 2. The summed E-state index contributed by atoms with van der Waals surface area (Å²) in [7, 11) is 3.10. The van der Waals surface area contributed by atoms with E-state index in [2.05, 4.69) is 30.9 Å². The zero-order valence-corrected chi connectivity index (χ0v) is 15.6. The average molecular weight is 374 g/mol. The molecule has 0 aromatic carbocycles. The zero-order valence-electron chi connectivity index (χ0n) is 15.6. The third kappa shape index (κ3) is 5.25. The highest BCUT2D eigenvalue weighted by atomic mass is 16.7. The Morgan fingerprint density at radius 3 is 2.56 bits per heavy atom. The Morgan fingerprint density at radius 2 is 1.93 bits per heavy atom. The highest BCUT2D eigenvalue weighted by Gasteiger charge is 2.17. The molecule has 0 spiro atoms. The van der Waals surface area contributed by atoms with Gasteiger partial charge in [-0.05, 0) is 25.0 Å². The van der Waals surface area contributed by atoms with Gasteiger partial charge < -0.3 is 30.5 Å². The first-order valence-corrected chi connectivity index (χ1v) is 9.00. The quantitative estimate of drug-likeness (QED) is 0.491. The van der Waals surface area contributed by atoms with E-state index in [1.165, 1.54) is 12.8 Å². The summed E-state index contributed by atoms with van der Waals surface area (Å²) in [5, 5.41) is 19.1. The van der Waals surface area contributed by atoms with Crippen molar-refractivity contribution in [3.05, 3.63) is 30.1 Å². The first-order valence-electron chi connectivity index (χ1n) is 9.00. The van der Waals surface area contributed by atoms with Crippen LogP contribution in [0.2, 0.25) is 0 Å². The molecule has 4 N–H and O–H groups in total. The zero-order chi connectivity index (χ0) is 19.1. The second-order valence-corrected chi connectivity index (χ2v) is 6.36. The highest BCUT2D eigenvalue weighted by molar-refractivity contribution is 5.55. The molecule has 0 bridgehead atoms. The van der Waals surface area contributed by atoms with Gasteiger partial charge in [0.05, 0.1) is 18.5 Å². The van der Waals surface area contributed by atoms with Gasteiger partial charge in [-0.2, -0.15) is 4.98 Å². The third-order valence-corrected chi connectivity index (χ3v) is 4.45. The molecule has 0 aliphatic heterocycles. The molecule has 1 saturated carbocycles. The fraction of sp³-hybridized carbons (Fsp3) is 0.500. The van der Waals surface area contributed by atoms with Gasteiger partial charge in [0.2, 0.25) is 12.4 Å². The smallest absolute Gasteiger partial charge is 0.237 e. The van der Waals surface area contributed by atoms with E-state index < -0.39 is 6.41 Å². The molecule has 1 aliphatic rings. The Morgan fingerprint density at radius 1 is 1.15 bits per heavy atom. The van der Waals surface area contributed by atoms with Gasteiger partial charge in [-0.15, -0.1) is 0 Å². The lowest BCUT2D eigenvalue weighted by Gasteiger charge is -2.17. The van der Waals surface area contributed by atoms with Crippen molar-refractivity contribution in [1.29, 1.82) is 0 Å². The Hall–Kier alpha value is -2.49. The van der Waals surface area contributed by atoms with Crippen molar-refractivity contribution in [3.63, 3.8) is 0 Å². The number of nitrogens with one attached hydrogen (secondary N) is 3. The molecular formula is C18H26N6O3. The van der Waals surface area contributed by atoms with E-state index in [4.69, 9.17) is 9.47 Å². The van der Waals surface area contributed by atoms with E-state index >= 15 is 0 Å². The maximum Gasteiger partial charge on any atom is 0.237 e. The summed E-state index contributed by atoms with van der Waals surface area (Å²) in [6.45, 7) is -0.103. The van der Waals surface area contributed by atoms with E-state index in [9.17, 15) is 5.11 Å². The predicted molar refractivity (Wildman–Crippen MR) is 103 cm³/mol. The van der Waals surface area contributed by atoms with Crippen LogP contribution in [0.15, 0.2) is 24.5 Å². The SMILES string of the molecule is COC(Nc1ccc(Nc2ncc(CO)c(NC3CCCC3)n2)nc1)OC. The van der Waals surface area contributed by atoms with Gasteiger partial charge >= 0.3 is 0 Å². The van der Waals surface area contributed by atoms with Crippen molar-refractivity contribution in [2.45, 2.75) is 44.7 Å². The summed E-state index contributed by atoms with van der Waals surface area (Å²) < 4.78 is 10.2. The van der Waals surface area contributed by atoms with Crippen molar-refractivity contribution in [2.75, 3.05) is 30.2 Å². The molecule has 9 nitrogen and oxygen atoms in total. The number of pyridine rings is 1. The molecule has 0 atom stereocenters. The Kier molecular flexibility index (Phi) is 6.74. The molecule has 9 heteroatoms. The van der Waals surface area contributed by atoms with Gasteiger partial charge in [0.1, 0.15) is 11.6 Å². The number of aromatic nitrogens is 3. The molecule has 0 unspecified atom stereocenters. The average Bonchev–Trinajstić information content (AvgIpc) is 3.21. The highest BCUT2D eigenvalue weighted by Crippen LogP contribution is 2.24. The minimum atomic E-state index is -0.538. The monoisotopic (exact) mass is 374 g/mol. The Balaban J connectivity index is 1.67. The number of aliphatic hydroxyl groups excluding tert-OH is 1. The lowest BCUT2D eigenvalue weighted by Crippen LogP contribution is -2.23. The number of nitrogens with zero attached hydrogens (tertiary/aromatic N) is 3. The van der Waals surface area contributed by atoms with Gasteiger partial charge in [0, 0.05) is 32.0 Å². The molecule has 0 saturated heterocycles. The molecular weight excluding hydrogens is 348 g/mol. The maximum absolute atomic E-state index is 9.54. The van der Waals surface area contributed by atoms with Crippen LogP contribution in [0.25, 0.3) is 0 Å². The first-order chi connectivity index (χ1) is 13.2. The minimum absolute atomic E-state index is 0.103. The summed E-state index contributed by atoms with van der Waals surface area (Å²) >= 11 is 0. The van der Waals surface area contributed by atoms with Crippen LogP contribution in [-0.4, -0.2) is 46.7 Å². The van der Waals surface area contributed by atoms with Crippen LogP contribution in [0.1, 0.15) is 31.2 Å². The van der Waals surface area contributed by atoms with Crippen LogP contribution in [0, 0.1) is 0 Å². The molecule has 1 aliphatic carbocycles. The lowest BCUT2D eigenvalue weighted by atomic mass is 10.2. The number of anilines is 4. The summed E-state index contributed by atoms with van der Waals surface area (Å²) in [5.41, 5.74) is 1.44. The van der Waals surface area contributed by atoms with Gasteiger partial charge in [-0.25, -0.2) is 9.97 Å². The fourth-order valence-corrected chi connectivity index (χ4v) is 2.99. The van der Waals surface area contributed by atoms with Crippen LogP contribution < -0.4 is 16.0 Å². The summed E-state index contributed by atoms with van der Waals surface area (Å²) in [4.78, 5) is 13.1. The second-order valence-electron chi connectivity index (χ2n) is 6.36. The molecule has 146 valence electrons. The topological polar surface area (TPSA) is 113 Å². The van der Waals surface area contributed by atoms with Gasteiger partial charge in [-0.1, -0.05) is 12.8 Å². The second kappa shape index (κ2) is 9.45. The number of hydrogen-bond acceptors (Lipinski definition) is 9. The number of ether oxygens (including phenoxy) is 2. The van der Waals surface area contributed by atoms with Crippen molar-refractivity contribution in [3.8, 4) is 0 Å². The fourth-order valence-electron chi connectivity index (χ4n) is 2.99. The van der Waals surface area contributed by atoms with Gasteiger partial charge in [0.25, 0.3) is 0 Å². The van der Waals surface area contributed by atoms with Gasteiger partial charge in [0.15, 0.2) is 0 Å². The largest absolute Gasteiger partial charge is 0.391 e. The molecule has 2 aromatic rings. The molecule has 3 rings (SSSR count). The summed E-state index contributed by atoms with van der Waals surface area (Å²) in [5.74, 6) is 1.70. The standard InChI is InChI=1S/C18H26N6O3/c1-26-18(27-2)22-14-7-8-15(19-10-14)23-17-20-9-12(11-25)16(24-17)21-13-5-3-4-6-13/h7-10,13,18,22,25H,3-6,11H2,1-2H3,(H2,19,20,21,23,24).